The van der Waals surface area contributed by atoms with E-state index in [9.17, 15) is 4.79 Å². The topological polar surface area (TPSA) is 39.0 Å². The van der Waals surface area contributed by atoms with Gasteiger partial charge in [0.15, 0.2) is 0 Å². The second kappa shape index (κ2) is 2.72. The number of rotatable bonds is 3. The molecule has 0 amide bonds. The van der Waals surface area contributed by atoms with Crippen molar-refractivity contribution in [3.63, 3.8) is 0 Å². The molecule has 1 heterocycles. The van der Waals surface area contributed by atoms with Crippen molar-refractivity contribution >= 4 is 6.29 Å². The van der Waals surface area contributed by atoms with Gasteiger partial charge in [-0.1, -0.05) is 30.3 Å². The van der Waals surface area contributed by atoms with Crippen molar-refractivity contribution in [2.45, 2.75) is 12.0 Å². The maximum Gasteiger partial charge on any atom is 0.141 e. The number of benzene rings is 1. The SMILES string of the molecule is O=CC1(Cc2ccccc2)CN1. The number of nitrogens with one attached hydrogen (secondary N) is 1. The molecular formula is C10H11NO. The number of carbonyl (C=O) groups excluding carboxylic acids is 1. The Morgan fingerprint density at radius 2 is 2.08 bits per heavy atom. The molecule has 1 N–H and O–H groups in total. The monoisotopic (exact) mass is 161 g/mol. The van der Waals surface area contributed by atoms with Gasteiger partial charge in [-0.05, 0) is 12.0 Å². The van der Waals surface area contributed by atoms with Gasteiger partial charge in [-0.15, -0.1) is 0 Å². The lowest BCUT2D eigenvalue weighted by Gasteiger charge is -2.04. The minimum absolute atomic E-state index is 0.235. The van der Waals surface area contributed by atoms with Crippen LogP contribution in [-0.4, -0.2) is 18.4 Å². The molecule has 0 bridgehead atoms. The third-order valence-electron chi connectivity index (χ3n) is 2.22. The van der Waals surface area contributed by atoms with E-state index in [2.05, 4.69) is 5.32 Å². The van der Waals surface area contributed by atoms with Crippen molar-refractivity contribution in [1.29, 1.82) is 0 Å². The average molecular weight is 161 g/mol. The van der Waals surface area contributed by atoms with Crippen molar-refractivity contribution in [2.24, 2.45) is 0 Å². The van der Waals surface area contributed by atoms with Crippen LogP contribution in [0.2, 0.25) is 0 Å². The van der Waals surface area contributed by atoms with Crippen molar-refractivity contribution in [2.75, 3.05) is 6.54 Å². The second-order valence-corrected chi connectivity index (χ2v) is 3.29. The van der Waals surface area contributed by atoms with Crippen LogP contribution in [0.25, 0.3) is 0 Å². The Bertz CT molecular complexity index is 277. The molecule has 1 saturated heterocycles. The van der Waals surface area contributed by atoms with E-state index in [-0.39, 0.29) is 5.54 Å². The normalized spacial score (nSPS) is 26.7. The third-order valence-corrected chi connectivity index (χ3v) is 2.22. The van der Waals surface area contributed by atoms with Gasteiger partial charge in [0.05, 0.1) is 5.54 Å². The minimum Gasteiger partial charge on any atom is -0.302 e. The van der Waals surface area contributed by atoms with Gasteiger partial charge >= 0.3 is 0 Å². The fourth-order valence-electron chi connectivity index (χ4n) is 1.32. The molecule has 1 aliphatic rings. The average Bonchev–Trinajstić information content (AvgIpc) is 2.88. The van der Waals surface area contributed by atoms with Gasteiger partial charge < -0.3 is 10.1 Å². The lowest BCUT2D eigenvalue weighted by molar-refractivity contribution is -0.109. The highest BCUT2D eigenvalue weighted by Gasteiger charge is 2.41. The summed E-state index contributed by atoms with van der Waals surface area (Å²) in [5.74, 6) is 0. The van der Waals surface area contributed by atoms with Gasteiger partial charge in [0.25, 0.3) is 0 Å². The van der Waals surface area contributed by atoms with Crippen LogP contribution in [0, 0.1) is 0 Å². The van der Waals surface area contributed by atoms with Crippen molar-refractivity contribution in [3.05, 3.63) is 35.9 Å². The van der Waals surface area contributed by atoms with Crippen LogP contribution in [0.1, 0.15) is 5.56 Å². The highest BCUT2D eigenvalue weighted by atomic mass is 16.1. The number of hydrogen-bond donors (Lipinski definition) is 1. The molecular weight excluding hydrogens is 150 g/mol. The van der Waals surface area contributed by atoms with Crippen LogP contribution in [-0.2, 0) is 11.2 Å². The summed E-state index contributed by atoms with van der Waals surface area (Å²) in [6.07, 6.45) is 1.83. The fourth-order valence-corrected chi connectivity index (χ4v) is 1.32. The smallest absolute Gasteiger partial charge is 0.141 e. The maximum atomic E-state index is 10.6. The van der Waals surface area contributed by atoms with Gasteiger partial charge in [0.1, 0.15) is 6.29 Å². The van der Waals surface area contributed by atoms with Gasteiger partial charge in [-0.25, -0.2) is 0 Å². The Balaban J connectivity index is 2.09. The molecule has 1 atom stereocenters. The van der Waals surface area contributed by atoms with E-state index in [0.717, 1.165) is 19.3 Å². The molecule has 0 aliphatic carbocycles. The summed E-state index contributed by atoms with van der Waals surface area (Å²) in [6, 6.07) is 10.1. The van der Waals surface area contributed by atoms with E-state index in [1.807, 2.05) is 30.3 Å². The predicted octanol–water partition coefficient (Wildman–Crippen LogP) is 0.770. The Hall–Kier alpha value is -1.15. The summed E-state index contributed by atoms with van der Waals surface area (Å²) in [4.78, 5) is 10.6. The summed E-state index contributed by atoms with van der Waals surface area (Å²) in [6.45, 7) is 0.825. The zero-order valence-electron chi connectivity index (χ0n) is 6.79. The van der Waals surface area contributed by atoms with E-state index >= 15 is 0 Å². The molecule has 0 aromatic heterocycles. The Morgan fingerprint density at radius 1 is 1.42 bits per heavy atom. The summed E-state index contributed by atoms with van der Waals surface area (Å²) >= 11 is 0. The van der Waals surface area contributed by atoms with Crippen LogP contribution in [0.3, 0.4) is 0 Å². The van der Waals surface area contributed by atoms with Gasteiger partial charge in [0.2, 0.25) is 0 Å². The first-order chi connectivity index (χ1) is 5.85. The molecule has 1 fully saturated rings. The van der Waals surface area contributed by atoms with E-state index in [1.165, 1.54) is 5.56 Å². The van der Waals surface area contributed by atoms with Crippen LogP contribution < -0.4 is 5.32 Å². The number of hydrogen-bond acceptors (Lipinski definition) is 2. The molecule has 62 valence electrons. The van der Waals surface area contributed by atoms with E-state index in [0.29, 0.717) is 0 Å². The van der Waals surface area contributed by atoms with E-state index in [1.54, 1.807) is 0 Å². The standard InChI is InChI=1S/C10H11NO/c12-8-10(7-11-10)6-9-4-2-1-3-5-9/h1-5,8,11H,6-7H2. The quantitative estimate of drug-likeness (QED) is 0.525. The highest BCUT2D eigenvalue weighted by molar-refractivity contribution is 5.70. The van der Waals surface area contributed by atoms with Crippen molar-refractivity contribution in [1.82, 2.24) is 5.32 Å². The maximum absolute atomic E-state index is 10.6. The molecule has 1 unspecified atom stereocenters. The largest absolute Gasteiger partial charge is 0.302 e. The van der Waals surface area contributed by atoms with Crippen LogP contribution >= 0.6 is 0 Å². The summed E-state index contributed by atoms with van der Waals surface area (Å²) in [7, 11) is 0. The first-order valence-corrected chi connectivity index (χ1v) is 4.10. The van der Waals surface area contributed by atoms with E-state index in [4.69, 9.17) is 0 Å². The number of aldehydes is 1. The molecule has 2 nitrogen and oxygen atoms in total. The summed E-state index contributed by atoms with van der Waals surface area (Å²) in [5.41, 5.74) is 0.982. The van der Waals surface area contributed by atoms with E-state index < -0.39 is 0 Å². The Kier molecular flexibility index (Phi) is 1.70. The zero-order valence-corrected chi connectivity index (χ0v) is 6.79. The number of carbonyl (C=O) groups is 1. The lowest BCUT2D eigenvalue weighted by Crippen LogP contribution is -2.20. The van der Waals surface area contributed by atoms with Crippen molar-refractivity contribution < 1.29 is 4.79 Å². The summed E-state index contributed by atoms with van der Waals surface area (Å²) < 4.78 is 0. The molecule has 2 rings (SSSR count). The molecule has 1 aliphatic heterocycles. The molecule has 2 heteroatoms. The Labute approximate surface area is 71.6 Å². The summed E-state index contributed by atoms with van der Waals surface area (Å²) in [5, 5.41) is 3.08. The molecule has 0 radical (unpaired) electrons. The highest BCUT2D eigenvalue weighted by Crippen LogP contribution is 2.19. The van der Waals surface area contributed by atoms with Gasteiger partial charge in [0, 0.05) is 6.54 Å². The lowest BCUT2D eigenvalue weighted by atomic mass is 10.0. The second-order valence-electron chi connectivity index (χ2n) is 3.29. The molecule has 0 spiro atoms. The minimum atomic E-state index is -0.235. The zero-order chi connectivity index (χ0) is 8.44. The van der Waals surface area contributed by atoms with Gasteiger partial charge in [-0.3, -0.25) is 0 Å². The predicted molar refractivity (Wildman–Crippen MR) is 46.9 cm³/mol. The van der Waals surface area contributed by atoms with Crippen LogP contribution in [0.4, 0.5) is 0 Å². The molecule has 0 saturated carbocycles. The van der Waals surface area contributed by atoms with Crippen molar-refractivity contribution in [3.8, 4) is 0 Å². The van der Waals surface area contributed by atoms with Crippen LogP contribution in [0.5, 0.6) is 0 Å². The fraction of sp³-hybridized carbons (Fsp3) is 0.300. The first-order valence-electron chi connectivity index (χ1n) is 4.10. The third kappa shape index (κ3) is 1.38. The van der Waals surface area contributed by atoms with Gasteiger partial charge in [-0.2, -0.15) is 0 Å². The molecule has 1 aromatic rings. The Morgan fingerprint density at radius 3 is 2.58 bits per heavy atom. The molecule has 1 aromatic carbocycles. The molecule has 12 heavy (non-hydrogen) atoms. The first kappa shape index (κ1) is 7.50. The van der Waals surface area contributed by atoms with Crippen LogP contribution in [0.15, 0.2) is 30.3 Å².